The van der Waals surface area contributed by atoms with Crippen molar-refractivity contribution in [3.8, 4) is 0 Å². The van der Waals surface area contributed by atoms with Crippen molar-refractivity contribution in [2.45, 2.75) is 51.9 Å². The standard InChI is InChI=1S/C11H21NO3Si/c1-9(12(13)14)10-6-5-7-11(8-10)15-16(2,3)4/h8-10H,5-7H2,1-4H3/t9-,10+/m0/s1. The highest BCUT2D eigenvalue weighted by molar-refractivity contribution is 6.70. The van der Waals surface area contributed by atoms with Gasteiger partial charge in [0.25, 0.3) is 0 Å². The monoisotopic (exact) mass is 243 g/mol. The maximum atomic E-state index is 10.7. The molecule has 16 heavy (non-hydrogen) atoms. The molecule has 0 unspecified atom stereocenters. The predicted molar refractivity (Wildman–Crippen MR) is 66.3 cm³/mol. The maximum absolute atomic E-state index is 10.7. The van der Waals surface area contributed by atoms with Crippen molar-refractivity contribution >= 4 is 8.32 Å². The van der Waals surface area contributed by atoms with E-state index in [1.807, 2.05) is 6.08 Å². The number of rotatable bonds is 4. The fraction of sp³-hybridized carbons (Fsp3) is 0.818. The van der Waals surface area contributed by atoms with Crippen LogP contribution in [-0.4, -0.2) is 19.3 Å². The molecule has 5 heteroatoms. The molecule has 92 valence electrons. The van der Waals surface area contributed by atoms with Crippen LogP contribution in [0.2, 0.25) is 19.6 Å². The first kappa shape index (κ1) is 13.2. The summed E-state index contributed by atoms with van der Waals surface area (Å²) in [6, 6.07) is -0.500. The molecule has 0 radical (unpaired) electrons. The van der Waals surface area contributed by atoms with Crippen molar-refractivity contribution in [2.75, 3.05) is 0 Å². The van der Waals surface area contributed by atoms with Crippen LogP contribution >= 0.6 is 0 Å². The van der Waals surface area contributed by atoms with Crippen molar-refractivity contribution in [1.82, 2.24) is 0 Å². The van der Waals surface area contributed by atoms with Gasteiger partial charge in [0.05, 0.1) is 5.76 Å². The first-order chi connectivity index (χ1) is 7.29. The molecule has 0 aromatic rings. The third kappa shape index (κ3) is 3.96. The molecule has 1 rings (SSSR count). The summed E-state index contributed by atoms with van der Waals surface area (Å²) in [5.41, 5.74) is 0. The highest BCUT2D eigenvalue weighted by atomic mass is 28.4. The Balaban J connectivity index is 2.69. The Hall–Kier alpha value is -0.843. The highest BCUT2D eigenvalue weighted by Crippen LogP contribution is 2.28. The first-order valence-electron chi connectivity index (χ1n) is 5.83. The first-order valence-corrected chi connectivity index (χ1v) is 9.23. The number of hydrogen-bond acceptors (Lipinski definition) is 3. The van der Waals surface area contributed by atoms with E-state index in [4.69, 9.17) is 4.43 Å². The Kier molecular flexibility index (Phi) is 4.13. The Morgan fingerprint density at radius 3 is 2.69 bits per heavy atom. The Morgan fingerprint density at radius 2 is 2.19 bits per heavy atom. The molecule has 0 amide bonds. The van der Waals surface area contributed by atoms with Gasteiger partial charge in [-0.2, -0.15) is 0 Å². The van der Waals surface area contributed by atoms with Crippen LogP contribution in [0.1, 0.15) is 26.2 Å². The fourth-order valence-electron chi connectivity index (χ4n) is 1.93. The summed E-state index contributed by atoms with van der Waals surface area (Å²) in [7, 11) is -1.57. The third-order valence-electron chi connectivity index (χ3n) is 2.75. The van der Waals surface area contributed by atoms with E-state index in [0.29, 0.717) is 0 Å². The summed E-state index contributed by atoms with van der Waals surface area (Å²) in [5.74, 6) is 1.01. The van der Waals surface area contributed by atoms with Crippen LogP contribution in [-0.2, 0) is 4.43 Å². The molecule has 1 aliphatic rings. The Morgan fingerprint density at radius 1 is 1.56 bits per heavy atom. The Bertz CT molecular complexity index is 296. The summed E-state index contributed by atoms with van der Waals surface area (Å²) < 4.78 is 5.92. The van der Waals surface area contributed by atoms with E-state index in [2.05, 4.69) is 19.6 Å². The van der Waals surface area contributed by atoms with Crippen LogP contribution in [0.25, 0.3) is 0 Å². The lowest BCUT2D eigenvalue weighted by atomic mass is 9.89. The van der Waals surface area contributed by atoms with Crippen molar-refractivity contribution in [3.63, 3.8) is 0 Å². The van der Waals surface area contributed by atoms with E-state index >= 15 is 0 Å². The zero-order valence-electron chi connectivity index (χ0n) is 10.5. The minimum Gasteiger partial charge on any atom is -0.548 e. The lowest BCUT2D eigenvalue weighted by molar-refractivity contribution is -0.525. The van der Waals surface area contributed by atoms with Gasteiger partial charge in [-0.25, -0.2) is 0 Å². The van der Waals surface area contributed by atoms with Gasteiger partial charge in [-0.05, 0) is 38.6 Å². The number of hydrogen-bond donors (Lipinski definition) is 0. The quantitative estimate of drug-likeness (QED) is 0.433. The van der Waals surface area contributed by atoms with E-state index < -0.39 is 14.4 Å². The van der Waals surface area contributed by atoms with Crippen LogP contribution in [0.15, 0.2) is 11.8 Å². The summed E-state index contributed by atoms with van der Waals surface area (Å²) in [6.45, 7) is 8.08. The highest BCUT2D eigenvalue weighted by Gasteiger charge is 2.29. The zero-order valence-corrected chi connectivity index (χ0v) is 11.5. The average molecular weight is 243 g/mol. The second kappa shape index (κ2) is 4.99. The van der Waals surface area contributed by atoms with Gasteiger partial charge in [-0.3, -0.25) is 10.1 Å². The second-order valence-electron chi connectivity index (χ2n) is 5.43. The van der Waals surface area contributed by atoms with Crippen LogP contribution in [0.5, 0.6) is 0 Å². The van der Waals surface area contributed by atoms with Gasteiger partial charge in [-0.1, -0.05) is 0 Å². The SMILES string of the molecule is C[C@@H]([C@H]1C=C(O[Si](C)(C)C)CCC1)[N+](=O)[O-]. The molecule has 0 heterocycles. The summed E-state index contributed by atoms with van der Waals surface area (Å²) in [6.07, 6.45) is 4.82. The molecule has 0 saturated heterocycles. The number of nitro groups is 1. The van der Waals surface area contributed by atoms with Crippen molar-refractivity contribution in [1.29, 1.82) is 0 Å². The Labute approximate surface area is 98.0 Å². The van der Waals surface area contributed by atoms with Crippen molar-refractivity contribution in [3.05, 3.63) is 21.9 Å². The predicted octanol–water partition coefficient (Wildman–Crippen LogP) is 3.19. The molecular weight excluding hydrogens is 222 g/mol. The number of allylic oxidation sites excluding steroid dienone is 1. The van der Waals surface area contributed by atoms with E-state index in [1.54, 1.807) is 6.92 Å². The molecule has 0 spiro atoms. The minimum atomic E-state index is -1.57. The summed E-state index contributed by atoms with van der Waals surface area (Å²) >= 11 is 0. The van der Waals surface area contributed by atoms with Gasteiger partial charge in [-0.15, -0.1) is 0 Å². The smallest absolute Gasteiger partial charge is 0.241 e. The second-order valence-corrected chi connectivity index (χ2v) is 9.86. The normalized spacial score (nSPS) is 23.5. The molecular formula is C11H21NO3Si. The minimum absolute atomic E-state index is 0.0371. The van der Waals surface area contributed by atoms with Gasteiger partial charge < -0.3 is 4.43 Å². The van der Waals surface area contributed by atoms with Crippen LogP contribution in [0.3, 0.4) is 0 Å². The van der Waals surface area contributed by atoms with E-state index in [1.165, 1.54) is 0 Å². The molecule has 0 bridgehead atoms. The van der Waals surface area contributed by atoms with Crippen LogP contribution < -0.4 is 0 Å². The lowest BCUT2D eigenvalue weighted by Crippen LogP contribution is -2.29. The average Bonchev–Trinajstić information content (AvgIpc) is 2.14. The summed E-state index contributed by atoms with van der Waals surface area (Å²) in [5, 5.41) is 10.7. The maximum Gasteiger partial charge on any atom is 0.241 e. The fourth-order valence-corrected chi connectivity index (χ4v) is 2.89. The van der Waals surface area contributed by atoms with E-state index in [0.717, 1.165) is 25.0 Å². The van der Waals surface area contributed by atoms with Gasteiger partial charge in [0.15, 0.2) is 0 Å². The molecule has 0 aliphatic heterocycles. The van der Waals surface area contributed by atoms with Crippen molar-refractivity contribution < 1.29 is 9.35 Å². The molecule has 4 nitrogen and oxygen atoms in total. The van der Waals surface area contributed by atoms with Gasteiger partial charge in [0, 0.05) is 24.2 Å². The number of nitrogens with zero attached hydrogens (tertiary/aromatic N) is 1. The molecule has 2 atom stereocenters. The lowest BCUT2D eigenvalue weighted by Gasteiger charge is -2.27. The molecule has 0 saturated carbocycles. The third-order valence-corrected chi connectivity index (χ3v) is 3.62. The van der Waals surface area contributed by atoms with Gasteiger partial charge in [0.2, 0.25) is 14.4 Å². The topological polar surface area (TPSA) is 52.4 Å². The van der Waals surface area contributed by atoms with Crippen molar-refractivity contribution in [2.24, 2.45) is 5.92 Å². The van der Waals surface area contributed by atoms with E-state index in [-0.39, 0.29) is 10.8 Å². The molecule has 0 aromatic carbocycles. The van der Waals surface area contributed by atoms with Gasteiger partial charge >= 0.3 is 0 Å². The summed E-state index contributed by atoms with van der Waals surface area (Å²) in [4.78, 5) is 10.5. The van der Waals surface area contributed by atoms with E-state index in [9.17, 15) is 10.1 Å². The molecule has 1 aliphatic carbocycles. The van der Waals surface area contributed by atoms with Gasteiger partial charge in [0.1, 0.15) is 0 Å². The van der Waals surface area contributed by atoms with Crippen LogP contribution in [0.4, 0.5) is 0 Å². The zero-order chi connectivity index (χ0) is 12.3. The van der Waals surface area contributed by atoms with Crippen LogP contribution in [0, 0.1) is 16.0 Å². The molecule has 0 fully saturated rings. The largest absolute Gasteiger partial charge is 0.548 e. The molecule has 0 aromatic heterocycles. The molecule has 0 N–H and O–H groups in total.